The van der Waals surface area contributed by atoms with Crippen molar-refractivity contribution in [3.8, 4) is 17.2 Å². The molecule has 0 aliphatic heterocycles. The molecule has 0 radical (unpaired) electrons. The second-order valence-electron chi connectivity index (χ2n) is 7.03. The molecule has 0 aliphatic rings. The lowest BCUT2D eigenvalue weighted by Gasteiger charge is -2.01. The van der Waals surface area contributed by atoms with Gasteiger partial charge in [0, 0.05) is 10.6 Å². The van der Waals surface area contributed by atoms with Crippen LogP contribution >= 0.6 is 22.9 Å². The van der Waals surface area contributed by atoms with Crippen molar-refractivity contribution in [3.05, 3.63) is 91.7 Å². The Morgan fingerprint density at radius 2 is 1.89 bits per heavy atom. The summed E-state index contributed by atoms with van der Waals surface area (Å²) in [5, 5.41) is 8.54. The number of rotatable bonds is 7. The smallest absolute Gasteiger partial charge is 0.346 e. The molecule has 2 heterocycles. The average molecular weight is 510 g/mol. The first-order valence-electron chi connectivity index (χ1n) is 10.5. The first-order chi connectivity index (χ1) is 17.0. The monoisotopic (exact) mass is 509 g/mol. The summed E-state index contributed by atoms with van der Waals surface area (Å²) in [7, 11) is 1.57. The molecule has 4 rings (SSSR count). The van der Waals surface area contributed by atoms with Gasteiger partial charge in [-0.05, 0) is 48.9 Å². The van der Waals surface area contributed by atoms with Gasteiger partial charge in [-0.1, -0.05) is 41.9 Å². The quantitative estimate of drug-likeness (QED) is 0.381. The predicted octanol–water partition coefficient (Wildman–Crippen LogP) is 3.32. The van der Waals surface area contributed by atoms with Gasteiger partial charge < -0.3 is 18.9 Å². The summed E-state index contributed by atoms with van der Waals surface area (Å²) < 4.78 is 16.7. The zero-order valence-electron chi connectivity index (χ0n) is 18.8. The summed E-state index contributed by atoms with van der Waals surface area (Å²) in [6, 6.07) is 16.4. The molecule has 1 N–H and O–H groups in total. The third kappa shape index (κ3) is 5.59. The number of ether oxygens (including phenoxy) is 2. The molecule has 0 spiro atoms. The van der Waals surface area contributed by atoms with Crippen LogP contribution in [-0.2, 0) is 9.53 Å². The number of halogens is 1. The van der Waals surface area contributed by atoms with Gasteiger partial charge in [0.2, 0.25) is 5.89 Å². The maximum atomic E-state index is 12.8. The van der Waals surface area contributed by atoms with Crippen LogP contribution in [0.1, 0.15) is 18.4 Å². The zero-order valence-corrected chi connectivity index (χ0v) is 20.4. The molecule has 0 saturated heterocycles. The van der Waals surface area contributed by atoms with E-state index in [4.69, 9.17) is 25.5 Å². The maximum absolute atomic E-state index is 12.8. The van der Waals surface area contributed by atoms with Crippen LogP contribution < -0.4 is 19.5 Å². The van der Waals surface area contributed by atoms with E-state index in [0.717, 1.165) is 16.9 Å². The van der Waals surface area contributed by atoms with Gasteiger partial charge in [-0.2, -0.15) is 0 Å². The highest BCUT2D eigenvalue weighted by molar-refractivity contribution is 7.07. The second kappa shape index (κ2) is 11.0. The first-order valence-corrected chi connectivity index (χ1v) is 11.7. The van der Waals surface area contributed by atoms with E-state index in [2.05, 4.69) is 15.2 Å². The average Bonchev–Trinajstić information content (AvgIpc) is 3.50. The van der Waals surface area contributed by atoms with E-state index in [1.807, 2.05) is 30.3 Å². The molecule has 4 aromatic rings. The van der Waals surface area contributed by atoms with Gasteiger partial charge in [0.15, 0.2) is 5.57 Å². The number of aromatic nitrogens is 3. The van der Waals surface area contributed by atoms with Crippen LogP contribution in [0.3, 0.4) is 0 Å². The Morgan fingerprint density at radius 1 is 1.14 bits per heavy atom. The Balaban J connectivity index is 1.78. The van der Waals surface area contributed by atoms with Crippen molar-refractivity contribution in [2.45, 2.75) is 6.92 Å². The highest BCUT2D eigenvalue weighted by Gasteiger charge is 2.23. The molecule has 0 bridgehead atoms. The normalized spacial score (nSPS) is 13.0. The van der Waals surface area contributed by atoms with E-state index in [-0.39, 0.29) is 28.6 Å². The molecule has 8 nitrogen and oxygen atoms in total. The Kier molecular flexibility index (Phi) is 7.59. The van der Waals surface area contributed by atoms with Crippen LogP contribution in [0.15, 0.2) is 69.9 Å². The maximum Gasteiger partial charge on any atom is 0.346 e. The number of H-pyrrole nitrogens is 1. The molecule has 0 amide bonds. The Hall–Kier alpha value is -3.95. The Labute approximate surface area is 208 Å². The van der Waals surface area contributed by atoms with Crippen LogP contribution in [0.4, 0.5) is 0 Å². The fourth-order valence-electron chi connectivity index (χ4n) is 3.07. The fraction of sp³-hybridized carbons (Fsp3) is 0.120. The van der Waals surface area contributed by atoms with Crippen molar-refractivity contribution in [1.82, 2.24) is 15.2 Å². The Bertz CT molecular complexity index is 1540. The van der Waals surface area contributed by atoms with Crippen LogP contribution in [0, 0.1) is 0 Å². The molecular weight excluding hydrogens is 490 g/mol. The first kappa shape index (κ1) is 24.2. The van der Waals surface area contributed by atoms with E-state index in [0.29, 0.717) is 20.9 Å². The van der Waals surface area contributed by atoms with Crippen LogP contribution in [0.25, 0.3) is 28.1 Å². The number of thiazole rings is 1. The number of aromatic amines is 1. The van der Waals surface area contributed by atoms with Crippen LogP contribution in [0.2, 0.25) is 0 Å². The number of methoxy groups -OCH3 is 1. The van der Waals surface area contributed by atoms with Crippen molar-refractivity contribution in [2.75, 3.05) is 13.7 Å². The standard InChI is InChI=1S/C25H20ClN3O5S/c1-3-33-25(31)20(23-29-28-22(34-23)16-9-11-17(32-2)12-10-16)24-27-21(30)19(35-24)14-13-18(26)15-7-5-4-6-8-15/h4-14H,3H2,1-2H3,(H,27,30)/b18-13?,19-14?,24-20+. The van der Waals surface area contributed by atoms with Gasteiger partial charge in [0.25, 0.3) is 11.4 Å². The molecule has 0 aliphatic carbocycles. The van der Waals surface area contributed by atoms with Crippen molar-refractivity contribution >= 4 is 45.6 Å². The van der Waals surface area contributed by atoms with Gasteiger partial charge >= 0.3 is 5.97 Å². The molecule has 178 valence electrons. The number of carbonyl (C=O) groups is 1. The third-order valence-electron chi connectivity index (χ3n) is 4.78. The summed E-state index contributed by atoms with van der Waals surface area (Å²) in [6.07, 6.45) is 3.21. The lowest BCUT2D eigenvalue weighted by molar-refractivity contribution is -0.136. The van der Waals surface area contributed by atoms with E-state index < -0.39 is 11.5 Å². The highest BCUT2D eigenvalue weighted by Crippen LogP contribution is 2.23. The molecule has 0 fully saturated rings. The molecule has 2 aromatic heterocycles. The SMILES string of the molecule is CCOC(=O)/C(c1nnc(-c2ccc(OC)cc2)o1)=c1\[nH]c(=O)c(=CC=C(Cl)c2ccccc2)s1. The fourth-order valence-corrected chi connectivity index (χ4v) is 4.17. The third-order valence-corrected chi connectivity index (χ3v) is 6.17. The summed E-state index contributed by atoms with van der Waals surface area (Å²) in [5.74, 6) is 0.108. The molecule has 0 unspecified atom stereocenters. The van der Waals surface area contributed by atoms with Crippen LogP contribution in [0.5, 0.6) is 5.75 Å². The largest absolute Gasteiger partial charge is 0.497 e. The Morgan fingerprint density at radius 3 is 2.57 bits per heavy atom. The summed E-state index contributed by atoms with van der Waals surface area (Å²) >= 11 is 7.40. The molecule has 0 saturated carbocycles. The summed E-state index contributed by atoms with van der Waals surface area (Å²) in [5.41, 5.74) is 1.03. The van der Waals surface area contributed by atoms with Crippen molar-refractivity contribution < 1.29 is 18.7 Å². The minimum Gasteiger partial charge on any atom is -0.497 e. The van der Waals surface area contributed by atoms with Gasteiger partial charge in [-0.15, -0.1) is 21.5 Å². The van der Waals surface area contributed by atoms with E-state index in [1.54, 1.807) is 50.5 Å². The van der Waals surface area contributed by atoms with E-state index in [9.17, 15) is 9.59 Å². The minimum absolute atomic E-state index is 0.0287. The number of benzene rings is 2. The number of carbonyl (C=O) groups excluding carboxylic acids is 1. The van der Waals surface area contributed by atoms with E-state index >= 15 is 0 Å². The van der Waals surface area contributed by atoms with Gasteiger partial charge in [0.1, 0.15) is 10.4 Å². The topological polar surface area (TPSA) is 107 Å². The van der Waals surface area contributed by atoms with Crippen molar-refractivity contribution in [3.63, 3.8) is 0 Å². The van der Waals surface area contributed by atoms with Crippen molar-refractivity contribution in [1.29, 1.82) is 0 Å². The lowest BCUT2D eigenvalue weighted by Crippen LogP contribution is -2.21. The van der Waals surface area contributed by atoms with Crippen molar-refractivity contribution in [2.24, 2.45) is 0 Å². The second-order valence-corrected chi connectivity index (χ2v) is 8.49. The molecule has 35 heavy (non-hydrogen) atoms. The highest BCUT2D eigenvalue weighted by atomic mass is 35.5. The summed E-state index contributed by atoms with van der Waals surface area (Å²) in [6.45, 7) is 1.81. The number of esters is 1. The number of nitrogens with one attached hydrogen (secondary N) is 1. The molecule has 2 aromatic carbocycles. The zero-order chi connectivity index (χ0) is 24.8. The predicted molar refractivity (Wildman–Crippen MR) is 134 cm³/mol. The number of nitrogens with zero attached hydrogens (tertiary/aromatic N) is 2. The van der Waals surface area contributed by atoms with Gasteiger partial charge in [0.05, 0.1) is 18.2 Å². The summed E-state index contributed by atoms with van der Waals surface area (Å²) in [4.78, 5) is 28.1. The van der Waals surface area contributed by atoms with Gasteiger partial charge in [-0.3, -0.25) is 4.79 Å². The lowest BCUT2D eigenvalue weighted by atomic mass is 10.2. The van der Waals surface area contributed by atoms with Crippen LogP contribution in [-0.4, -0.2) is 34.9 Å². The minimum atomic E-state index is -0.695. The van der Waals surface area contributed by atoms with Gasteiger partial charge in [-0.25, -0.2) is 4.79 Å². The van der Waals surface area contributed by atoms with E-state index in [1.165, 1.54) is 0 Å². The number of hydrogen-bond donors (Lipinski definition) is 1. The molecular formula is C25H20ClN3O5S. The number of allylic oxidation sites excluding steroid dienone is 1. The molecule has 10 heteroatoms. The molecule has 0 atom stereocenters. The number of hydrogen-bond acceptors (Lipinski definition) is 8.